The molecule has 0 atom stereocenters. The van der Waals surface area contributed by atoms with E-state index in [4.69, 9.17) is 4.98 Å². The van der Waals surface area contributed by atoms with E-state index in [0.29, 0.717) is 5.82 Å². The number of anilines is 1. The van der Waals surface area contributed by atoms with Crippen LogP contribution in [0.1, 0.15) is 17.7 Å². The molecular weight excluding hydrogens is 250 g/mol. The van der Waals surface area contributed by atoms with Crippen molar-refractivity contribution in [2.24, 2.45) is 0 Å². The van der Waals surface area contributed by atoms with Crippen LogP contribution in [0.3, 0.4) is 0 Å². The molecule has 4 rings (SSSR count). The summed E-state index contributed by atoms with van der Waals surface area (Å²) in [5, 5.41) is 3.19. The smallest absolute Gasteiger partial charge is 0.182 e. The first-order valence-corrected chi connectivity index (χ1v) is 6.87. The molecule has 0 fully saturated rings. The normalized spacial score (nSPS) is 13.7. The lowest BCUT2D eigenvalue weighted by Crippen LogP contribution is -2.03. The van der Waals surface area contributed by atoms with Crippen molar-refractivity contribution in [1.29, 1.82) is 0 Å². The maximum Gasteiger partial charge on any atom is 0.182 e. The first-order chi connectivity index (χ1) is 9.85. The first-order valence-electron chi connectivity index (χ1n) is 6.87. The van der Waals surface area contributed by atoms with E-state index in [1.807, 2.05) is 42.0 Å². The third kappa shape index (κ3) is 1.66. The van der Waals surface area contributed by atoms with E-state index in [2.05, 4.69) is 15.3 Å². The Morgan fingerprint density at radius 2 is 2.10 bits per heavy atom. The zero-order valence-electron chi connectivity index (χ0n) is 11.3. The fourth-order valence-electron chi connectivity index (χ4n) is 2.80. The molecule has 0 aliphatic heterocycles. The van der Waals surface area contributed by atoms with Crippen molar-refractivity contribution in [2.45, 2.75) is 19.3 Å². The maximum atomic E-state index is 4.70. The minimum absolute atomic E-state index is 0.707. The molecular formula is C15H15N5. The fourth-order valence-corrected chi connectivity index (χ4v) is 2.80. The molecule has 0 saturated carbocycles. The second-order valence-electron chi connectivity index (χ2n) is 5.02. The number of aromatic nitrogens is 4. The van der Waals surface area contributed by atoms with E-state index in [0.717, 1.165) is 42.1 Å². The highest BCUT2D eigenvalue weighted by Gasteiger charge is 2.20. The van der Waals surface area contributed by atoms with E-state index < -0.39 is 0 Å². The molecule has 1 N–H and O–H groups in total. The Morgan fingerprint density at radius 3 is 2.95 bits per heavy atom. The zero-order chi connectivity index (χ0) is 13.5. The molecule has 1 aliphatic carbocycles. The molecule has 0 amide bonds. The number of pyridine rings is 1. The Balaban J connectivity index is 1.89. The quantitative estimate of drug-likeness (QED) is 0.772. The summed E-state index contributed by atoms with van der Waals surface area (Å²) in [6.07, 6.45) is 7.22. The van der Waals surface area contributed by atoms with Crippen LogP contribution in [0.15, 0.2) is 30.6 Å². The number of hydrogen-bond donors (Lipinski definition) is 1. The van der Waals surface area contributed by atoms with Crippen molar-refractivity contribution in [3.05, 3.63) is 41.9 Å². The molecule has 20 heavy (non-hydrogen) atoms. The number of imidazole rings is 1. The van der Waals surface area contributed by atoms with Gasteiger partial charge in [0.25, 0.3) is 0 Å². The van der Waals surface area contributed by atoms with Gasteiger partial charge in [0.15, 0.2) is 5.82 Å². The van der Waals surface area contributed by atoms with Crippen molar-refractivity contribution in [3.8, 4) is 11.5 Å². The number of nitrogens with one attached hydrogen (secondary N) is 1. The minimum Gasteiger partial charge on any atom is -0.373 e. The van der Waals surface area contributed by atoms with Gasteiger partial charge in [-0.3, -0.25) is 0 Å². The second kappa shape index (κ2) is 4.30. The summed E-state index contributed by atoms with van der Waals surface area (Å²) in [6.45, 7) is 0. The van der Waals surface area contributed by atoms with Crippen molar-refractivity contribution in [3.63, 3.8) is 0 Å². The molecule has 1 aliphatic rings. The van der Waals surface area contributed by atoms with Gasteiger partial charge in [-0.1, -0.05) is 6.07 Å². The second-order valence-corrected chi connectivity index (χ2v) is 5.02. The number of rotatable bonds is 2. The van der Waals surface area contributed by atoms with Crippen molar-refractivity contribution >= 4 is 11.5 Å². The minimum atomic E-state index is 0.707. The SMILES string of the molecule is CNc1nc(-c2cn3ccccc3n2)nc2c1CCC2. The highest BCUT2D eigenvalue weighted by atomic mass is 15.1. The molecule has 0 unspecified atom stereocenters. The Morgan fingerprint density at radius 1 is 1.15 bits per heavy atom. The van der Waals surface area contributed by atoms with E-state index in [-0.39, 0.29) is 0 Å². The molecule has 0 radical (unpaired) electrons. The van der Waals surface area contributed by atoms with E-state index in [1.165, 1.54) is 5.56 Å². The Hall–Kier alpha value is -2.43. The van der Waals surface area contributed by atoms with Crippen molar-refractivity contribution < 1.29 is 0 Å². The zero-order valence-corrected chi connectivity index (χ0v) is 11.3. The highest BCUT2D eigenvalue weighted by molar-refractivity contribution is 5.60. The summed E-state index contributed by atoms with van der Waals surface area (Å²) in [6, 6.07) is 5.95. The molecule has 0 saturated heterocycles. The van der Waals surface area contributed by atoms with E-state index >= 15 is 0 Å². The van der Waals surface area contributed by atoms with Gasteiger partial charge in [-0.25, -0.2) is 15.0 Å². The lowest BCUT2D eigenvalue weighted by Gasteiger charge is -2.07. The lowest BCUT2D eigenvalue weighted by atomic mass is 10.2. The summed E-state index contributed by atoms with van der Waals surface area (Å²) in [4.78, 5) is 13.9. The van der Waals surface area contributed by atoms with Crippen LogP contribution in [0.4, 0.5) is 5.82 Å². The number of nitrogens with zero attached hydrogens (tertiary/aromatic N) is 4. The van der Waals surface area contributed by atoms with Crippen LogP contribution in [0.25, 0.3) is 17.2 Å². The van der Waals surface area contributed by atoms with Gasteiger partial charge < -0.3 is 9.72 Å². The molecule has 3 aromatic heterocycles. The molecule has 100 valence electrons. The van der Waals surface area contributed by atoms with Crippen LogP contribution >= 0.6 is 0 Å². The van der Waals surface area contributed by atoms with Crippen LogP contribution in [0, 0.1) is 0 Å². The maximum absolute atomic E-state index is 4.70. The van der Waals surface area contributed by atoms with Crippen molar-refractivity contribution in [1.82, 2.24) is 19.4 Å². The molecule has 3 heterocycles. The lowest BCUT2D eigenvalue weighted by molar-refractivity contribution is 0.900. The van der Waals surface area contributed by atoms with Crippen LogP contribution in [-0.2, 0) is 12.8 Å². The third-order valence-electron chi connectivity index (χ3n) is 3.76. The average molecular weight is 265 g/mol. The summed E-state index contributed by atoms with van der Waals surface area (Å²) in [7, 11) is 1.91. The van der Waals surface area contributed by atoms with Gasteiger partial charge in [-0.05, 0) is 31.4 Å². The summed E-state index contributed by atoms with van der Waals surface area (Å²) >= 11 is 0. The predicted octanol–water partition coefficient (Wildman–Crippen LogP) is 2.32. The van der Waals surface area contributed by atoms with Crippen LogP contribution in [0.5, 0.6) is 0 Å². The van der Waals surface area contributed by atoms with Crippen LogP contribution < -0.4 is 5.32 Å². The average Bonchev–Trinajstić information content (AvgIpc) is 3.12. The number of fused-ring (bicyclic) bond motifs is 2. The Bertz CT molecular complexity index is 757. The van der Waals surface area contributed by atoms with Gasteiger partial charge in [0.2, 0.25) is 0 Å². The summed E-state index contributed by atoms with van der Waals surface area (Å²) in [5.41, 5.74) is 4.16. The largest absolute Gasteiger partial charge is 0.373 e. The number of aryl methyl sites for hydroxylation is 1. The summed E-state index contributed by atoms with van der Waals surface area (Å²) < 4.78 is 1.99. The molecule has 0 spiro atoms. The standard InChI is InChI=1S/C15H15N5/c1-16-14-10-5-4-6-11(10)18-15(19-14)12-9-20-8-3-2-7-13(20)17-12/h2-3,7-9H,4-6H2,1H3,(H,16,18,19). The first kappa shape index (κ1) is 11.4. The van der Waals surface area contributed by atoms with Gasteiger partial charge in [-0.2, -0.15) is 0 Å². The molecule has 5 nitrogen and oxygen atoms in total. The molecule has 5 heteroatoms. The third-order valence-corrected chi connectivity index (χ3v) is 3.76. The Kier molecular flexibility index (Phi) is 2.45. The van der Waals surface area contributed by atoms with Crippen LogP contribution in [-0.4, -0.2) is 26.4 Å². The number of hydrogen-bond acceptors (Lipinski definition) is 4. The van der Waals surface area contributed by atoms with E-state index in [1.54, 1.807) is 0 Å². The van der Waals surface area contributed by atoms with Gasteiger partial charge in [0.05, 0.1) is 0 Å². The summed E-state index contributed by atoms with van der Waals surface area (Å²) in [5.74, 6) is 1.65. The topological polar surface area (TPSA) is 55.1 Å². The monoisotopic (exact) mass is 265 g/mol. The Labute approximate surface area is 116 Å². The van der Waals surface area contributed by atoms with Crippen molar-refractivity contribution in [2.75, 3.05) is 12.4 Å². The van der Waals surface area contributed by atoms with Crippen LogP contribution in [0.2, 0.25) is 0 Å². The van der Waals surface area contributed by atoms with Gasteiger partial charge in [0, 0.05) is 30.7 Å². The molecule has 3 aromatic rings. The van der Waals surface area contributed by atoms with E-state index in [9.17, 15) is 0 Å². The highest BCUT2D eigenvalue weighted by Crippen LogP contribution is 2.28. The predicted molar refractivity (Wildman–Crippen MR) is 77.8 cm³/mol. The fraction of sp³-hybridized carbons (Fsp3) is 0.267. The van der Waals surface area contributed by atoms with Gasteiger partial charge >= 0.3 is 0 Å². The van der Waals surface area contributed by atoms with Gasteiger partial charge in [-0.15, -0.1) is 0 Å². The van der Waals surface area contributed by atoms with Gasteiger partial charge in [0.1, 0.15) is 17.2 Å². The molecule has 0 aromatic carbocycles. The molecule has 0 bridgehead atoms.